The maximum atomic E-state index is 12.1. The number of methoxy groups -OCH3 is 1. The molecule has 0 unspecified atom stereocenters. The number of thioether (sulfide) groups is 1. The second-order valence-electron chi connectivity index (χ2n) is 4.71. The van der Waals surface area contributed by atoms with Crippen LogP contribution < -0.4 is 15.4 Å². The van der Waals surface area contributed by atoms with Gasteiger partial charge in [-0.2, -0.15) is 0 Å². The second-order valence-corrected chi connectivity index (χ2v) is 6.91. The third-order valence-corrected chi connectivity index (χ3v) is 4.70. The van der Waals surface area contributed by atoms with Crippen LogP contribution in [0.2, 0.25) is 0 Å². The van der Waals surface area contributed by atoms with Gasteiger partial charge in [0.25, 0.3) is 0 Å². The Labute approximate surface area is 159 Å². The van der Waals surface area contributed by atoms with Crippen molar-refractivity contribution in [2.45, 2.75) is 10.7 Å². The van der Waals surface area contributed by atoms with Gasteiger partial charge in [-0.15, -0.1) is 23.4 Å². The lowest BCUT2D eigenvalue weighted by Gasteiger charge is -2.09. The molecule has 1 heterocycles. The number of halogens is 3. The van der Waals surface area contributed by atoms with Crippen LogP contribution in [0.1, 0.15) is 0 Å². The van der Waals surface area contributed by atoms with Gasteiger partial charge in [0.1, 0.15) is 12.3 Å². The highest BCUT2D eigenvalue weighted by molar-refractivity contribution is 8.01. The molecule has 1 aromatic carbocycles. The highest BCUT2D eigenvalue weighted by Crippen LogP contribution is 2.29. The van der Waals surface area contributed by atoms with Crippen LogP contribution >= 0.6 is 23.1 Å². The van der Waals surface area contributed by atoms with Crippen molar-refractivity contribution in [3.63, 3.8) is 0 Å². The standard InChI is InChI=1S/C14H13F3N4O4S2/c1-24-11(23)6-18-10(22)7-26-13-21-20-12(27-13)19-8-2-4-9(5-3-8)25-14(15,16)17/h2-5H,6-7H2,1H3,(H,18,22)(H,19,20). The molecule has 0 aliphatic heterocycles. The van der Waals surface area contributed by atoms with Crippen LogP contribution in [0.5, 0.6) is 5.75 Å². The van der Waals surface area contributed by atoms with Crippen LogP contribution in [0.4, 0.5) is 24.0 Å². The molecular formula is C14H13F3N4O4S2. The van der Waals surface area contributed by atoms with Crippen molar-refractivity contribution in [3.05, 3.63) is 24.3 Å². The minimum atomic E-state index is -4.75. The Hall–Kier alpha value is -2.54. The number of anilines is 2. The molecule has 0 aliphatic carbocycles. The van der Waals surface area contributed by atoms with E-state index in [4.69, 9.17) is 0 Å². The zero-order chi connectivity index (χ0) is 19.9. The van der Waals surface area contributed by atoms with E-state index in [2.05, 4.69) is 30.3 Å². The number of hydrogen-bond acceptors (Lipinski definition) is 9. The van der Waals surface area contributed by atoms with Crippen molar-refractivity contribution in [1.82, 2.24) is 15.5 Å². The maximum absolute atomic E-state index is 12.1. The summed E-state index contributed by atoms with van der Waals surface area (Å²) < 4.78 is 45.0. The van der Waals surface area contributed by atoms with E-state index in [0.29, 0.717) is 15.2 Å². The molecular weight excluding hydrogens is 409 g/mol. The van der Waals surface area contributed by atoms with Gasteiger partial charge in [-0.25, -0.2) is 0 Å². The number of ether oxygens (including phenoxy) is 2. The van der Waals surface area contributed by atoms with Crippen molar-refractivity contribution >= 4 is 45.8 Å². The number of hydrogen-bond donors (Lipinski definition) is 2. The molecule has 1 amide bonds. The summed E-state index contributed by atoms with van der Waals surface area (Å²) in [6, 6.07) is 5.13. The molecule has 0 fully saturated rings. The fraction of sp³-hybridized carbons (Fsp3) is 0.286. The largest absolute Gasteiger partial charge is 0.573 e. The Bertz CT molecular complexity index is 783. The number of amides is 1. The topological polar surface area (TPSA) is 102 Å². The lowest BCUT2D eigenvalue weighted by Crippen LogP contribution is -2.31. The summed E-state index contributed by atoms with van der Waals surface area (Å²) in [4.78, 5) is 22.5. The molecule has 146 valence electrons. The molecule has 2 rings (SSSR count). The smallest absolute Gasteiger partial charge is 0.468 e. The number of rotatable bonds is 8. The monoisotopic (exact) mass is 422 g/mol. The summed E-state index contributed by atoms with van der Waals surface area (Å²) in [6.45, 7) is -0.215. The van der Waals surface area contributed by atoms with Crippen LogP contribution in [-0.4, -0.2) is 47.8 Å². The summed E-state index contributed by atoms with van der Waals surface area (Å²) >= 11 is 2.28. The lowest BCUT2D eigenvalue weighted by molar-refractivity contribution is -0.274. The normalized spacial score (nSPS) is 11.0. The van der Waals surface area contributed by atoms with Crippen molar-refractivity contribution in [3.8, 4) is 5.75 Å². The fourth-order valence-electron chi connectivity index (χ4n) is 1.60. The number of alkyl halides is 3. The van der Waals surface area contributed by atoms with Gasteiger partial charge < -0.3 is 20.1 Å². The molecule has 2 N–H and O–H groups in total. The van der Waals surface area contributed by atoms with E-state index in [1.54, 1.807) is 0 Å². The van der Waals surface area contributed by atoms with Gasteiger partial charge in [-0.3, -0.25) is 9.59 Å². The van der Waals surface area contributed by atoms with E-state index in [1.807, 2.05) is 0 Å². The highest BCUT2D eigenvalue weighted by Gasteiger charge is 2.30. The van der Waals surface area contributed by atoms with Gasteiger partial charge in [-0.1, -0.05) is 23.1 Å². The molecule has 27 heavy (non-hydrogen) atoms. The first kappa shape index (κ1) is 20.8. The first-order valence-electron chi connectivity index (χ1n) is 7.18. The van der Waals surface area contributed by atoms with Gasteiger partial charge in [0.2, 0.25) is 11.0 Å². The van der Waals surface area contributed by atoms with Crippen molar-refractivity contribution in [2.75, 3.05) is 24.7 Å². The maximum Gasteiger partial charge on any atom is 0.573 e. The zero-order valence-electron chi connectivity index (χ0n) is 13.7. The number of esters is 1. The van der Waals surface area contributed by atoms with Gasteiger partial charge in [0, 0.05) is 5.69 Å². The first-order valence-corrected chi connectivity index (χ1v) is 8.98. The predicted molar refractivity (Wildman–Crippen MR) is 92.1 cm³/mol. The van der Waals surface area contributed by atoms with Crippen LogP contribution in [-0.2, 0) is 14.3 Å². The van der Waals surface area contributed by atoms with Gasteiger partial charge in [0.15, 0.2) is 4.34 Å². The van der Waals surface area contributed by atoms with E-state index < -0.39 is 12.3 Å². The van der Waals surface area contributed by atoms with E-state index in [9.17, 15) is 22.8 Å². The van der Waals surface area contributed by atoms with Crippen LogP contribution in [0.25, 0.3) is 0 Å². The summed E-state index contributed by atoms with van der Waals surface area (Å²) in [5.41, 5.74) is 0.494. The van der Waals surface area contributed by atoms with Gasteiger partial charge >= 0.3 is 12.3 Å². The van der Waals surface area contributed by atoms with Gasteiger partial charge in [-0.05, 0) is 24.3 Å². The molecule has 13 heteroatoms. The number of nitrogens with one attached hydrogen (secondary N) is 2. The van der Waals surface area contributed by atoms with Crippen LogP contribution in [0.3, 0.4) is 0 Å². The minimum absolute atomic E-state index is 0.0368. The molecule has 0 spiro atoms. The molecule has 0 radical (unpaired) electrons. The molecule has 0 saturated heterocycles. The Morgan fingerprint density at radius 2 is 1.93 bits per heavy atom. The van der Waals surface area contributed by atoms with Crippen molar-refractivity contribution < 1.29 is 32.2 Å². The number of aromatic nitrogens is 2. The van der Waals surface area contributed by atoms with E-state index in [-0.39, 0.29) is 24.0 Å². The zero-order valence-corrected chi connectivity index (χ0v) is 15.3. The summed E-state index contributed by atoms with van der Waals surface area (Å²) in [6.07, 6.45) is -4.75. The van der Waals surface area contributed by atoms with E-state index >= 15 is 0 Å². The molecule has 1 aromatic heterocycles. The predicted octanol–water partition coefficient (Wildman–Crippen LogP) is 2.56. The summed E-state index contributed by atoms with van der Waals surface area (Å²) in [5.74, 6) is -1.22. The van der Waals surface area contributed by atoms with E-state index in [1.165, 1.54) is 19.2 Å². The lowest BCUT2D eigenvalue weighted by atomic mass is 10.3. The van der Waals surface area contributed by atoms with Crippen molar-refractivity contribution in [2.24, 2.45) is 0 Å². The molecule has 0 atom stereocenters. The average Bonchev–Trinajstić information content (AvgIpc) is 3.05. The minimum Gasteiger partial charge on any atom is -0.468 e. The second kappa shape index (κ2) is 9.41. The van der Waals surface area contributed by atoms with Crippen LogP contribution in [0, 0.1) is 0 Å². The average molecular weight is 422 g/mol. The number of carbonyl (C=O) groups is 2. The summed E-state index contributed by atoms with van der Waals surface area (Å²) in [7, 11) is 1.22. The third kappa shape index (κ3) is 7.70. The molecule has 0 aliphatic rings. The Kier molecular flexibility index (Phi) is 7.24. The van der Waals surface area contributed by atoms with E-state index in [0.717, 1.165) is 35.2 Å². The summed E-state index contributed by atoms with van der Waals surface area (Å²) in [5, 5.41) is 13.4. The molecule has 0 saturated carbocycles. The Balaban J connectivity index is 1.81. The highest BCUT2D eigenvalue weighted by atomic mass is 32.2. The van der Waals surface area contributed by atoms with Crippen LogP contribution in [0.15, 0.2) is 28.6 Å². The first-order chi connectivity index (χ1) is 12.7. The Morgan fingerprint density at radius 3 is 2.56 bits per heavy atom. The SMILES string of the molecule is COC(=O)CNC(=O)CSc1nnc(Nc2ccc(OC(F)(F)F)cc2)s1. The quantitative estimate of drug-likeness (QED) is 0.494. The third-order valence-electron chi connectivity index (χ3n) is 2.73. The fourth-order valence-corrected chi connectivity index (χ4v) is 3.21. The Morgan fingerprint density at radius 1 is 1.22 bits per heavy atom. The van der Waals surface area contributed by atoms with Crippen molar-refractivity contribution in [1.29, 1.82) is 0 Å². The molecule has 2 aromatic rings. The number of carbonyl (C=O) groups excluding carboxylic acids is 2. The number of benzene rings is 1. The molecule has 0 bridgehead atoms. The van der Waals surface area contributed by atoms with Gasteiger partial charge in [0.05, 0.1) is 12.9 Å². The number of nitrogens with zero attached hydrogens (tertiary/aromatic N) is 2. The molecule has 8 nitrogen and oxygen atoms in total.